The molecule has 1 aliphatic carbocycles. The molecular weight excluding hydrogens is 458 g/mol. The van der Waals surface area contributed by atoms with E-state index in [4.69, 9.17) is 4.74 Å². The number of aliphatic imine (C=N–C) groups is 1. The molecule has 2 atom stereocenters. The maximum absolute atomic E-state index is 13.7. The van der Waals surface area contributed by atoms with E-state index >= 15 is 0 Å². The van der Waals surface area contributed by atoms with E-state index in [0.29, 0.717) is 12.6 Å². The van der Waals surface area contributed by atoms with E-state index in [0.717, 1.165) is 25.0 Å². The summed E-state index contributed by atoms with van der Waals surface area (Å²) in [7, 11) is 1.78. The fourth-order valence-corrected chi connectivity index (χ4v) is 3.93. The van der Waals surface area contributed by atoms with Gasteiger partial charge in [-0.15, -0.1) is 24.0 Å². The number of ether oxygens (including phenoxy) is 1. The van der Waals surface area contributed by atoms with Crippen LogP contribution in [0.1, 0.15) is 39.0 Å². The quantitative estimate of drug-likeness (QED) is 0.365. The van der Waals surface area contributed by atoms with Gasteiger partial charge in [-0.3, -0.25) is 9.89 Å². The molecule has 2 aliphatic rings. The Hall–Kier alpha value is -1.09. The number of hydrogen-bond acceptors (Lipinski definition) is 3. The molecule has 1 aromatic carbocycles. The van der Waals surface area contributed by atoms with E-state index in [1.165, 1.54) is 38.3 Å². The van der Waals surface area contributed by atoms with Crippen molar-refractivity contribution in [2.75, 3.05) is 26.7 Å². The van der Waals surface area contributed by atoms with Gasteiger partial charge in [0.05, 0.1) is 6.54 Å². The maximum Gasteiger partial charge on any atom is 0.191 e. The summed E-state index contributed by atoms with van der Waals surface area (Å²) in [6.07, 6.45) is 6.45. The van der Waals surface area contributed by atoms with Crippen LogP contribution >= 0.6 is 24.0 Å². The smallest absolute Gasteiger partial charge is 0.191 e. The zero-order valence-electron chi connectivity index (χ0n) is 16.3. The Balaban J connectivity index is 0.00000261. The molecule has 5 nitrogen and oxygen atoms in total. The minimum atomic E-state index is -0.334. The summed E-state index contributed by atoms with van der Waals surface area (Å²) in [4.78, 5) is 6.94. The molecule has 2 unspecified atom stereocenters. The number of likely N-dealkylation sites (tertiary alicyclic amines) is 1. The first-order valence-electron chi connectivity index (χ1n) is 9.78. The van der Waals surface area contributed by atoms with Gasteiger partial charge >= 0.3 is 0 Å². The molecule has 0 amide bonds. The van der Waals surface area contributed by atoms with Gasteiger partial charge in [0.15, 0.2) is 17.5 Å². The van der Waals surface area contributed by atoms with E-state index < -0.39 is 0 Å². The molecule has 2 N–H and O–H groups in total. The van der Waals surface area contributed by atoms with Crippen LogP contribution < -0.4 is 15.4 Å². The van der Waals surface area contributed by atoms with E-state index in [-0.39, 0.29) is 41.6 Å². The third-order valence-electron chi connectivity index (χ3n) is 5.35. The number of rotatable bonds is 6. The number of hydrogen-bond donors (Lipinski definition) is 2. The van der Waals surface area contributed by atoms with Gasteiger partial charge in [-0.05, 0) is 38.3 Å². The molecule has 0 aromatic heterocycles. The summed E-state index contributed by atoms with van der Waals surface area (Å²) in [5.41, 5.74) is 0. The largest absolute Gasteiger partial charge is 0.486 e. The second-order valence-corrected chi connectivity index (χ2v) is 7.38. The van der Waals surface area contributed by atoms with Crippen LogP contribution in [0.3, 0.4) is 0 Å². The van der Waals surface area contributed by atoms with Crippen LogP contribution in [0, 0.1) is 5.82 Å². The van der Waals surface area contributed by atoms with Gasteiger partial charge < -0.3 is 15.4 Å². The third-order valence-corrected chi connectivity index (χ3v) is 5.35. The Morgan fingerprint density at radius 2 is 2.04 bits per heavy atom. The van der Waals surface area contributed by atoms with Crippen LogP contribution in [0.5, 0.6) is 5.75 Å². The van der Waals surface area contributed by atoms with Gasteiger partial charge in [0, 0.05) is 32.2 Å². The highest BCUT2D eigenvalue weighted by Crippen LogP contribution is 2.26. The average Bonchev–Trinajstić information content (AvgIpc) is 3.32. The number of nitrogens with zero attached hydrogens (tertiary/aromatic N) is 2. The van der Waals surface area contributed by atoms with Gasteiger partial charge in [-0.2, -0.15) is 0 Å². The summed E-state index contributed by atoms with van der Waals surface area (Å²) in [5.74, 6) is 0.736. The molecule has 0 bridgehead atoms. The molecule has 2 fully saturated rings. The Kier molecular flexibility index (Phi) is 9.08. The van der Waals surface area contributed by atoms with Gasteiger partial charge in [0.25, 0.3) is 0 Å². The molecule has 7 heteroatoms. The van der Waals surface area contributed by atoms with Crippen molar-refractivity contribution in [1.29, 1.82) is 0 Å². The first kappa shape index (κ1) is 22.2. The van der Waals surface area contributed by atoms with Crippen molar-refractivity contribution in [2.45, 2.75) is 57.2 Å². The van der Waals surface area contributed by atoms with Crippen molar-refractivity contribution in [2.24, 2.45) is 4.99 Å². The molecule has 0 spiro atoms. The fraction of sp³-hybridized carbons (Fsp3) is 0.650. The predicted molar refractivity (Wildman–Crippen MR) is 119 cm³/mol. The molecule has 27 heavy (non-hydrogen) atoms. The molecule has 1 aromatic rings. The van der Waals surface area contributed by atoms with E-state index in [1.54, 1.807) is 25.2 Å². The molecule has 152 valence electrons. The van der Waals surface area contributed by atoms with Crippen LogP contribution in [-0.2, 0) is 0 Å². The van der Waals surface area contributed by atoms with Crippen molar-refractivity contribution in [3.8, 4) is 5.75 Å². The lowest BCUT2D eigenvalue weighted by Crippen LogP contribution is -2.47. The minimum absolute atomic E-state index is 0. The third kappa shape index (κ3) is 6.48. The van der Waals surface area contributed by atoms with Crippen molar-refractivity contribution >= 4 is 29.9 Å². The second kappa shape index (κ2) is 11.0. The summed E-state index contributed by atoms with van der Waals surface area (Å²) < 4.78 is 19.3. The second-order valence-electron chi connectivity index (χ2n) is 7.38. The summed E-state index contributed by atoms with van der Waals surface area (Å²) in [6.45, 7) is 4.75. The van der Waals surface area contributed by atoms with Crippen molar-refractivity contribution in [3.63, 3.8) is 0 Å². The van der Waals surface area contributed by atoms with Crippen LogP contribution in [0.25, 0.3) is 0 Å². The van der Waals surface area contributed by atoms with Crippen LogP contribution in [-0.4, -0.2) is 55.7 Å². The summed E-state index contributed by atoms with van der Waals surface area (Å²) >= 11 is 0. The highest BCUT2D eigenvalue weighted by Gasteiger charge is 2.30. The first-order chi connectivity index (χ1) is 12.7. The lowest BCUT2D eigenvalue weighted by Gasteiger charge is -2.24. The molecule has 3 rings (SSSR count). The molecule has 1 saturated carbocycles. The van der Waals surface area contributed by atoms with E-state index in [1.807, 2.05) is 6.92 Å². The lowest BCUT2D eigenvalue weighted by molar-refractivity contribution is 0.213. The van der Waals surface area contributed by atoms with Gasteiger partial charge in [-0.1, -0.05) is 25.0 Å². The SMILES string of the molecule is CN=C(NCC(C)Oc1ccccc1F)NC1CCN(C2CCCC2)C1.I. The standard InChI is InChI=1S/C20H31FN4O.HI/c1-15(26-19-10-6-5-9-18(19)21)13-23-20(22-2)24-16-11-12-25(14-16)17-7-3-4-8-17;/h5-6,9-10,15-17H,3-4,7-8,11-14H2,1-2H3,(H2,22,23,24);1H. The predicted octanol–water partition coefficient (Wildman–Crippen LogP) is 3.39. The highest BCUT2D eigenvalue weighted by atomic mass is 127. The van der Waals surface area contributed by atoms with Crippen molar-refractivity contribution < 1.29 is 9.13 Å². The average molecular weight is 490 g/mol. The summed E-state index contributed by atoms with van der Waals surface area (Å²) in [6, 6.07) is 7.71. The first-order valence-corrected chi connectivity index (χ1v) is 9.78. The van der Waals surface area contributed by atoms with Gasteiger partial charge in [0.2, 0.25) is 0 Å². The molecule has 0 radical (unpaired) electrons. The van der Waals surface area contributed by atoms with Crippen LogP contribution in [0.4, 0.5) is 4.39 Å². The zero-order chi connectivity index (χ0) is 18.4. The number of guanidine groups is 1. The monoisotopic (exact) mass is 490 g/mol. The van der Waals surface area contributed by atoms with Crippen LogP contribution in [0.2, 0.25) is 0 Å². The van der Waals surface area contributed by atoms with Crippen molar-refractivity contribution in [1.82, 2.24) is 15.5 Å². The Morgan fingerprint density at radius 1 is 1.30 bits per heavy atom. The Morgan fingerprint density at radius 3 is 2.74 bits per heavy atom. The molecule has 1 saturated heterocycles. The lowest BCUT2D eigenvalue weighted by atomic mass is 10.2. The van der Waals surface area contributed by atoms with Gasteiger partial charge in [0.1, 0.15) is 6.10 Å². The van der Waals surface area contributed by atoms with E-state index in [2.05, 4.69) is 20.5 Å². The molecular formula is C20H32FIN4O. The minimum Gasteiger partial charge on any atom is -0.486 e. The Labute approximate surface area is 179 Å². The topological polar surface area (TPSA) is 48.9 Å². The summed E-state index contributed by atoms with van der Waals surface area (Å²) in [5, 5.41) is 6.81. The number of para-hydroxylation sites is 1. The fourth-order valence-electron chi connectivity index (χ4n) is 3.93. The zero-order valence-corrected chi connectivity index (χ0v) is 18.6. The maximum atomic E-state index is 13.7. The van der Waals surface area contributed by atoms with Crippen LogP contribution in [0.15, 0.2) is 29.3 Å². The Bertz CT molecular complexity index is 609. The number of nitrogens with one attached hydrogen (secondary N) is 2. The van der Waals surface area contributed by atoms with Gasteiger partial charge in [-0.25, -0.2) is 4.39 Å². The highest BCUT2D eigenvalue weighted by molar-refractivity contribution is 14.0. The number of halogens is 2. The van der Waals surface area contributed by atoms with E-state index in [9.17, 15) is 4.39 Å². The normalized spacial score (nSPS) is 22.3. The molecule has 1 heterocycles. The van der Waals surface area contributed by atoms with Crippen molar-refractivity contribution in [3.05, 3.63) is 30.1 Å². The number of benzene rings is 1. The molecule has 1 aliphatic heterocycles.